The first-order chi connectivity index (χ1) is 8.22. The van der Waals surface area contributed by atoms with Crippen LogP contribution in [-0.4, -0.2) is 36.4 Å². The Labute approximate surface area is 99.4 Å². The molecule has 1 aromatic rings. The van der Waals surface area contributed by atoms with Crippen molar-refractivity contribution in [2.75, 3.05) is 20.3 Å². The number of pyridine rings is 1. The number of aromatic carboxylic acids is 1. The molecule has 0 atom stereocenters. The third-order valence-electron chi connectivity index (χ3n) is 2.65. The molecule has 5 nitrogen and oxygen atoms in total. The summed E-state index contributed by atoms with van der Waals surface area (Å²) < 4.78 is 10.4. The van der Waals surface area contributed by atoms with E-state index in [1.54, 1.807) is 13.2 Å². The quantitative estimate of drug-likeness (QED) is 0.762. The van der Waals surface area contributed by atoms with Crippen LogP contribution in [0.3, 0.4) is 0 Å². The third kappa shape index (κ3) is 2.94. The van der Waals surface area contributed by atoms with E-state index in [1.165, 1.54) is 6.07 Å². The van der Waals surface area contributed by atoms with Crippen LogP contribution in [0.1, 0.15) is 34.8 Å². The predicted octanol–water partition coefficient (Wildman–Crippen LogP) is 1.68. The lowest BCUT2D eigenvalue weighted by Crippen LogP contribution is -2.09. The highest BCUT2D eigenvalue weighted by Crippen LogP contribution is 2.43. The molecule has 0 amide bonds. The van der Waals surface area contributed by atoms with E-state index in [0.29, 0.717) is 25.0 Å². The van der Waals surface area contributed by atoms with Crippen molar-refractivity contribution in [2.45, 2.75) is 18.8 Å². The fraction of sp³-hybridized carbons (Fsp3) is 0.500. The Morgan fingerprint density at radius 2 is 2.24 bits per heavy atom. The number of hydrogen-bond acceptors (Lipinski definition) is 4. The molecule has 0 aromatic carbocycles. The lowest BCUT2D eigenvalue weighted by molar-refractivity contribution is 0.0688. The topological polar surface area (TPSA) is 68.7 Å². The monoisotopic (exact) mass is 237 g/mol. The minimum atomic E-state index is -1.04. The second-order valence-corrected chi connectivity index (χ2v) is 4.01. The molecule has 0 spiro atoms. The van der Waals surface area contributed by atoms with Gasteiger partial charge in [0.2, 0.25) is 5.88 Å². The molecule has 92 valence electrons. The Hall–Kier alpha value is -1.62. The van der Waals surface area contributed by atoms with Gasteiger partial charge in [-0.2, -0.15) is 0 Å². The number of nitrogens with zero attached hydrogens (tertiary/aromatic N) is 1. The average Bonchev–Trinajstić information content (AvgIpc) is 3.13. The van der Waals surface area contributed by atoms with Gasteiger partial charge in [-0.05, 0) is 24.8 Å². The molecular formula is C12H15NO4. The number of rotatable bonds is 6. The Balaban J connectivity index is 2.17. The first kappa shape index (κ1) is 11.9. The molecular weight excluding hydrogens is 222 g/mol. The van der Waals surface area contributed by atoms with Gasteiger partial charge < -0.3 is 14.6 Å². The lowest BCUT2D eigenvalue weighted by Gasteiger charge is -2.10. The summed E-state index contributed by atoms with van der Waals surface area (Å²) in [6.07, 6.45) is 2.24. The van der Waals surface area contributed by atoms with Gasteiger partial charge in [-0.25, -0.2) is 9.78 Å². The zero-order chi connectivity index (χ0) is 12.3. The highest BCUT2D eigenvalue weighted by molar-refractivity contribution is 5.85. The number of carbonyl (C=O) groups is 1. The number of hydrogen-bond donors (Lipinski definition) is 1. The number of ether oxygens (including phenoxy) is 2. The third-order valence-corrected chi connectivity index (χ3v) is 2.65. The Morgan fingerprint density at radius 3 is 2.82 bits per heavy atom. The van der Waals surface area contributed by atoms with Crippen LogP contribution in [0.4, 0.5) is 0 Å². The molecule has 1 saturated carbocycles. The fourth-order valence-corrected chi connectivity index (χ4v) is 1.61. The summed E-state index contributed by atoms with van der Waals surface area (Å²) >= 11 is 0. The molecule has 1 fully saturated rings. The second kappa shape index (κ2) is 5.14. The SMILES string of the molecule is COCCOc1nc(C(=O)O)ccc1C1CC1. The van der Waals surface area contributed by atoms with Gasteiger partial charge in [0.1, 0.15) is 6.61 Å². The van der Waals surface area contributed by atoms with Gasteiger partial charge in [-0.3, -0.25) is 0 Å². The largest absolute Gasteiger partial charge is 0.477 e. The zero-order valence-corrected chi connectivity index (χ0v) is 9.68. The molecule has 0 aliphatic heterocycles. The van der Waals surface area contributed by atoms with Crippen molar-refractivity contribution in [2.24, 2.45) is 0 Å². The molecule has 1 aromatic heterocycles. The van der Waals surface area contributed by atoms with Crippen molar-refractivity contribution < 1.29 is 19.4 Å². The summed E-state index contributed by atoms with van der Waals surface area (Å²) in [5, 5.41) is 8.88. The van der Waals surface area contributed by atoms with Crippen molar-refractivity contribution in [3.63, 3.8) is 0 Å². The van der Waals surface area contributed by atoms with Crippen molar-refractivity contribution in [1.29, 1.82) is 0 Å². The van der Waals surface area contributed by atoms with Crippen LogP contribution in [0.15, 0.2) is 12.1 Å². The van der Waals surface area contributed by atoms with Crippen molar-refractivity contribution >= 4 is 5.97 Å². The van der Waals surface area contributed by atoms with Crippen LogP contribution >= 0.6 is 0 Å². The van der Waals surface area contributed by atoms with Gasteiger partial charge in [-0.15, -0.1) is 0 Å². The van der Waals surface area contributed by atoms with Gasteiger partial charge in [0, 0.05) is 12.7 Å². The molecule has 1 N–H and O–H groups in total. The number of aromatic nitrogens is 1. The van der Waals surface area contributed by atoms with E-state index < -0.39 is 5.97 Å². The highest BCUT2D eigenvalue weighted by atomic mass is 16.5. The Morgan fingerprint density at radius 1 is 1.47 bits per heavy atom. The van der Waals surface area contributed by atoms with Gasteiger partial charge in [0.05, 0.1) is 6.61 Å². The predicted molar refractivity (Wildman–Crippen MR) is 60.5 cm³/mol. The summed E-state index contributed by atoms with van der Waals surface area (Å²) in [6.45, 7) is 0.843. The standard InChI is InChI=1S/C12H15NO4/c1-16-6-7-17-11-9(8-2-3-8)4-5-10(13-11)12(14)15/h4-5,8H,2-3,6-7H2,1H3,(H,14,15). The minimum Gasteiger partial charge on any atom is -0.477 e. The smallest absolute Gasteiger partial charge is 0.354 e. The number of carboxylic acid groups (broad SMARTS) is 1. The molecule has 0 unspecified atom stereocenters. The maximum absolute atomic E-state index is 10.8. The first-order valence-electron chi connectivity index (χ1n) is 5.58. The average molecular weight is 237 g/mol. The van der Waals surface area contributed by atoms with Crippen molar-refractivity contribution in [3.8, 4) is 5.88 Å². The molecule has 1 aliphatic carbocycles. The van der Waals surface area contributed by atoms with E-state index in [4.69, 9.17) is 14.6 Å². The molecule has 1 aliphatic rings. The second-order valence-electron chi connectivity index (χ2n) is 4.01. The number of methoxy groups -OCH3 is 1. The fourth-order valence-electron chi connectivity index (χ4n) is 1.61. The van der Waals surface area contributed by atoms with Crippen LogP contribution in [0.5, 0.6) is 5.88 Å². The zero-order valence-electron chi connectivity index (χ0n) is 9.68. The summed E-state index contributed by atoms with van der Waals surface area (Å²) in [5.74, 6) is -0.128. The Bertz CT molecular complexity index is 415. The first-order valence-corrected chi connectivity index (χ1v) is 5.58. The van der Waals surface area contributed by atoms with Crippen LogP contribution in [0, 0.1) is 0 Å². The van der Waals surface area contributed by atoms with E-state index in [9.17, 15) is 4.79 Å². The summed E-state index contributed by atoms with van der Waals surface area (Å²) in [7, 11) is 1.59. The normalized spacial score (nSPS) is 14.6. The molecule has 17 heavy (non-hydrogen) atoms. The lowest BCUT2D eigenvalue weighted by atomic mass is 10.1. The maximum Gasteiger partial charge on any atom is 0.354 e. The molecule has 0 bridgehead atoms. The van der Waals surface area contributed by atoms with Gasteiger partial charge in [0.15, 0.2) is 5.69 Å². The van der Waals surface area contributed by atoms with Crippen molar-refractivity contribution in [1.82, 2.24) is 4.98 Å². The van der Waals surface area contributed by atoms with E-state index in [2.05, 4.69) is 4.98 Å². The van der Waals surface area contributed by atoms with Crippen LogP contribution < -0.4 is 4.74 Å². The minimum absolute atomic E-state index is 0.0156. The molecule has 0 saturated heterocycles. The van der Waals surface area contributed by atoms with Gasteiger partial charge in [0.25, 0.3) is 0 Å². The molecule has 2 rings (SSSR count). The molecule has 5 heteroatoms. The van der Waals surface area contributed by atoms with E-state index in [-0.39, 0.29) is 5.69 Å². The highest BCUT2D eigenvalue weighted by Gasteiger charge is 2.28. The van der Waals surface area contributed by atoms with Crippen LogP contribution in [0.2, 0.25) is 0 Å². The Kier molecular flexibility index (Phi) is 3.58. The number of carboxylic acids is 1. The van der Waals surface area contributed by atoms with E-state index >= 15 is 0 Å². The molecule has 1 heterocycles. The molecule has 0 radical (unpaired) electrons. The summed E-state index contributed by atoms with van der Waals surface area (Å²) in [4.78, 5) is 14.9. The van der Waals surface area contributed by atoms with Gasteiger partial charge >= 0.3 is 5.97 Å². The maximum atomic E-state index is 10.8. The van der Waals surface area contributed by atoms with E-state index in [1.807, 2.05) is 0 Å². The summed E-state index contributed by atoms with van der Waals surface area (Å²) in [5.41, 5.74) is 1.02. The summed E-state index contributed by atoms with van der Waals surface area (Å²) in [6, 6.07) is 3.33. The van der Waals surface area contributed by atoms with Crippen molar-refractivity contribution in [3.05, 3.63) is 23.4 Å². The van der Waals surface area contributed by atoms with E-state index in [0.717, 1.165) is 18.4 Å². The van der Waals surface area contributed by atoms with Crippen LogP contribution in [0.25, 0.3) is 0 Å². The van der Waals surface area contributed by atoms with Gasteiger partial charge in [-0.1, -0.05) is 6.07 Å². The van der Waals surface area contributed by atoms with Crippen LogP contribution in [-0.2, 0) is 4.74 Å².